The minimum absolute atomic E-state index is 0.0629. The Morgan fingerprint density at radius 2 is 1.88 bits per heavy atom. The van der Waals surface area contributed by atoms with Crippen LogP contribution >= 0.6 is 0 Å². The molecule has 5 nitrogen and oxygen atoms in total. The molecule has 0 saturated heterocycles. The second-order valence-corrected chi connectivity index (χ2v) is 5.60. The molecule has 1 unspecified atom stereocenters. The van der Waals surface area contributed by atoms with Gasteiger partial charge in [0.15, 0.2) is 11.5 Å². The number of halogens is 2. The lowest BCUT2D eigenvalue weighted by Crippen LogP contribution is -2.28. The van der Waals surface area contributed by atoms with Crippen molar-refractivity contribution < 1.29 is 27.8 Å². The summed E-state index contributed by atoms with van der Waals surface area (Å²) in [5.74, 6) is 1.24. The number of nitrogens with one attached hydrogen (secondary N) is 1. The first-order valence-electron chi connectivity index (χ1n) is 7.74. The molecule has 1 aliphatic heterocycles. The third-order valence-electron chi connectivity index (χ3n) is 3.79. The summed E-state index contributed by atoms with van der Waals surface area (Å²) in [5, 5.41) is 2.90. The van der Waals surface area contributed by atoms with Gasteiger partial charge >= 0.3 is 6.61 Å². The number of amides is 1. The first-order valence-corrected chi connectivity index (χ1v) is 7.74. The van der Waals surface area contributed by atoms with E-state index in [0.29, 0.717) is 17.1 Å². The van der Waals surface area contributed by atoms with Crippen LogP contribution < -0.4 is 19.5 Å². The van der Waals surface area contributed by atoms with Crippen molar-refractivity contribution in [2.45, 2.75) is 26.0 Å². The lowest BCUT2D eigenvalue weighted by Gasteiger charge is -2.15. The Morgan fingerprint density at radius 1 is 1.16 bits per heavy atom. The quantitative estimate of drug-likeness (QED) is 0.868. The van der Waals surface area contributed by atoms with Crippen molar-refractivity contribution in [1.29, 1.82) is 0 Å². The molecule has 1 amide bonds. The summed E-state index contributed by atoms with van der Waals surface area (Å²) < 4.78 is 39.1. The van der Waals surface area contributed by atoms with Crippen molar-refractivity contribution >= 4 is 5.91 Å². The van der Waals surface area contributed by atoms with E-state index in [1.54, 1.807) is 12.1 Å². The zero-order valence-electron chi connectivity index (χ0n) is 13.5. The van der Waals surface area contributed by atoms with Gasteiger partial charge in [-0.05, 0) is 42.3 Å². The van der Waals surface area contributed by atoms with E-state index in [9.17, 15) is 13.6 Å². The number of hydrogen-bond donors (Lipinski definition) is 1. The maximum Gasteiger partial charge on any atom is 0.387 e. The minimum atomic E-state index is -2.86. The third kappa shape index (κ3) is 4.37. The van der Waals surface area contributed by atoms with Gasteiger partial charge < -0.3 is 19.5 Å². The van der Waals surface area contributed by atoms with Crippen LogP contribution in [0.5, 0.6) is 17.2 Å². The molecular formula is C18H17F2NO4. The van der Waals surface area contributed by atoms with Gasteiger partial charge in [-0.1, -0.05) is 18.2 Å². The highest BCUT2D eigenvalue weighted by Gasteiger charge is 2.17. The molecule has 0 fully saturated rings. The van der Waals surface area contributed by atoms with E-state index in [1.165, 1.54) is 12.1 Å². The Labute approximate surface area is 143 Å². The second-order valence-electron chi connectivity index (χ2n) is 5.60. The van der Waals surface area contributed by atoms with Crippen molar-refractivity contribution in [3.63, 3.8) is 0 Å². The molecule has 0 radical (unpaired) electrons. The predicted molar refractivity (Wildman–Crippen MR) is 85.9 cm³/mol. The summed E-state index contributed by atoms with van der Waals surface area (Å²) in [4.78, 5) is 12.2. The van der Waals surface area contributed by atoms with Crippen molar-refractivity contribution in [3.05, 3.63) is 53.6 Å². The van der Waals surface area contributed by atoms with Gasteiger partial charge in [-0.3, -0.25) is 4.79 Å². The molecule has 0 bridgehead atoms. The normalized spacial score (nSPS) is 13.6. The fraction of sp³-hybridized carbons (Fsp3) is 0.278. The fourth-order valence-electron chi connectivity index (χ4n) is 2.53. The van der Waals surface area contributed by atoms with Crippen LogP contribution in [0.25, 0.3) is 0 Å². The Kier molecular flexibility index (Phi) is 5.02. The highest BCUT2D eigenvalue weighted by molar-refractivity contribution is 5.79. The van der Waals surface area contributed by atoms with Gasteiger partial charge in [-0.15, -0.1) is 0 Å². The summed E-state index contributed by atoms with van der Waals surface area (Å²) in [6.07, 6.45) is 0.143. The highest BCUT2D eigenvalue weighted by atomic mass is 19.3. The van der Waals surface area contributed by atoms with E-state index in [0.717, 1.165) is 5.56 Å². The molecule has 0 aromatic heterocycles. The SMILES string of the molecule is CC(NC(=O)Cc1ccc(OC(F)F)cc1)c1ccc2c(c1)OCO2. The van der Waals surface area contributed by atoms with E-state index >= 15 is 0 Å². The van der Waals surface area contributed by atoms with Crippen LogP contribution in [0.1, 0.15) is 24.1 Å². The average molecular weight is 349 g/mol. The minimum Gasteiger partial charge on any atom is -0.454 e. The summed E-state index contributed by atoms with van der Waals surface area (Å²) >= 11 is 0. The monoisotopic (exact) mass is 349 g/mol. The molecule has 1 N–H and O–H groups in total. The average Bonchev–Trinajstić information content (AvgIpc) is 3.03. The maximum atomic E-state index is 12.2. The molecule has 0 saturated carbocycles. The lowest BCUT2D eigenvalue weighted by atomic mass is 10.1. The molecule has 1 heterocycles. The van der Waals surface area contributed by atoms with Crippen LogP contribution in [-0.4, -0.2) is 19.3 Å². The summed E-state index contributed by atoms with van der Waals surface area (Å²) in [6, 6.07) is 11.3. The van der Waals surface area contributed by atoms with Gasteiger partial charge in [0, 0.05) is 0 Å². The van der Waals surface area contributed by atoms with Gasteiger partial charge in [0.05, 0.1) is 12.5 Å². The first kappa shape index (κ1) is 17.0. The Hall–Kier alpha value is -2.83. The number of benzene rings is 2. The Morgan fingerprint density at radius 3 is 2.60 bits per heavy atom. The lowest BCUT2D eigenvalue weighted by molar-refractivity contribution is -0.121. The second kappa shape index (κ2) is 7.38. The van der Waals surface area contributed by atoms with Crippen molar-refractivity contribution in [1.82, 2.24) is 5.32 Å². The van der Waals surface area contributed by atoms with E-state index < -0.39 is 6.61 Å². The predicted octanol–water partition coefficient (Wildman–Crippen LogP) is 3.44. The molecule has 2 aromatic rings. The molecular weight excluding hydrogens is 332 g/mol. The first-order chi connectivity index (χ1) is 12.0. The molecule has 7 heteroatoms. The number of fused-ring (bicyclic) bond motifs is 1. The molecule has 1 aliphatic rings. The maximum absolute atomic E-state index is 12.2. The number of carbonyl (C=O) groups excluding carboxylic acids is 1. The summed E-state index contributed by atoms with van der Waals surface area (Å²) in [5.41, 5.74) is 1.61. The number of alkyl halides is 2. The van der Waals surface area contributed by atoms with Gasteiger partial charge in [-0.25, -0.2) is 0 Å². The van der Waals surface area contributed by atoms with Crippen molar-refractivity contribution in [2.24, 2.45) is 0 Å². The zero-order valence-corrected chi connectivity index (χ0v) is 13.5. The van der Waals surface area contributed by atoms with Gasteiger partial charge in [0.2, 0.25) is 12.7 Å². The zero-order chi connectivity index (χ0) is 17.8. The third-order valence-corrected chi connectivity index (χ3v) is 3.79. The van der Waals surface area contributed by atoms with Crippen LogP contribution in [0.15, 0.2) is 42.5 Å². The van der Waals surface area contributed by atoms with Crippen LogP contribution in [0, 0.1) is 0 Å². The molecule has 0 spiro atoms. The molecule has 1 atom stereocenters. The van der Waals surface area contributed by atoms with Crippen molar-refractivity contribution in [2.75, 3.05) is 6.79 Å². The van der Waals surface area contributed by atoms with Gasteiger partial charge in [0.25, 0.3) is 0 Å². The number of ether oxygens (including phenoxy) is 3. The smallest absolute Gasteiger partial charge is 0.387 e. The summed E-state index contributed by atoms with van der Waals surface area (Å²) in [7, 11) is 0. The van der Waals surface area contributed by atoms with Crippen molar-refractivity contribution in [3.8, 4) is 17.2 Å². The standard InChI is InChI=1S/C18H17F2NO4/c1-11(13-4-7-15-16(9-13)24-10-23-15)21-17(22)8-12-2-5-14(6-3-12)25-18(19)20/h2-7,9,11,18H,8,10H2,1H3,(H,21,22). The van der Waals surface area contributed by atoms with Crippen LogP contribution in [0.2, 0.25) is 0 Å². The van der Waals surface area contributed by atoms with E-state index in [-0.39, 0.29) is 30.9 Å². The molecule has 25 heavy (non-hydrogen) atoms. The number of rotatable bonds is 6. The molecule has 132 valence electrons. The number of carbonyl (C=O) groups is 1. The van der Waals surface area contributed by atoms with Gasteiger partial charge in [-0.2, -0.15) is 8.78 Å². The summed E-state index contributed by atoms with van der Waals surface area (Å²) in [6.45, 7) is -0.795. The van der Waals surface area contributed by atoms with E-state index in [1.807, 2.05) is 25.1 Å². The topological polar surface area (TPSA) is 56.8 Å². The molecule has 3 rings (SSSR count). The van der Waals surface area contributed by atoms with Gasteiger partial charge in [0.1, 0.15) is 5.75 Å². The van der Waals surface area contributed by atoms with Crippen LogP contribution in [0.3, 0.4) is 0 Å². The Bertz CT molecular complexity index is 749. The fourth-order valence-corrected chi connectivity index (χ4v) is 2.53. The van der Waals surface area contributed by atoms with Crippen LogP contribution in [0.4, 0.5) is 8.78 Å². The molecule has 2 aromatic carbocycles. The highest BCUT2D eigenvalue weighted by Crippen LogP contribution is 2.34. The van der Waals surface area contributed by atoms with Crippen LogP contribution in [-0.2, 0) is 11.2 Å². The van der Waals surface area contributed by atoms with E-state index in [4.69, 9.17) is 9.47 Å². The largest absolute Gasteiger partial charge is 0.454 e. The Balaban J connectivity index is 1.56. The number of hydrogen-bond acceptors (Lipinski definition) is 4. The van der Waals surface area contributed by atoms with E-state index in [2.05, 4.69) is 10.1 Å². The molecule has 0 aliphatic carbocycles.